The maximum atomic E-state index is 12.9. The van der Waals surface area contributed by atoms with Crippen molar-refractivity contribution in [3.05, 3.63) is 45.1 Å². The minimum atomic E-state index is -0.290. The van der Waals surface area contributed by atoms with Crippen molar-refractivity contribution in [1.29, 1.82) is 0 Å². The summed E-state index contributed by atoms with van der Waals surface area (Å²) in [6.45, 7) is 5.95. The number of carbonyl (C=O) groups excluding carboxylic acids is 1. The lowest BCUT2D eigenvalue weighted by Crippen LogP contribution is -2.33. The number of aryl methyl sites for hydroxylation is 3. The van der Waals surface area contributed by atoms with Crippen LogP contribution >= 0.6 is 0 Å². The van der Waals surface area contributed by atoms with Crippen molar-refractivity contribution < 1.29 is 4.79 Å². The highest BCUT2D eigenvalue weighted by atomic mass is 16.2. The van der Waals surface area contributed by atoms with Gasteiger partial charge in [0.1, 0.15) is 11.3 Å². The normalized spacial score (nSPS) is 16.7. The minimum absolute atomic E-state index is 0.112. The number of hydrogen-bond acceptors (Lipinski definition) is 4. The number of aromatic nitrogens is 5. The van der Waals surface area contributed by atoms with E-state index in [1.165, 1.54) is 11.6 Å². The molecule has 1 unspecified atom stereocenters. The van der Waals surface area contributed by atoms with E-state index in [1.807, 2.05) is 10.9 Å². The molecule has 3 aromatic heterocycles. The molecule has 0 saturated heterocycles. The Morgan fingerprint density at radius 1 is 1.41 bits per heavy atom. The first-order valence-corrected chi connectivity index (χ1v) is 9.30. The zero-order valence-electron chi connectivity index (χ0n) is 16.0. The largest absolute Gasteiger partial charge is 0.342 e. The summed E-state index contributed by atoms with van der Waals surface area (Å²) in [5.74, 6) is -0.290. The molecule has 0 radical (unpaired) electrons. The highest BCUT2D eigenvalue weighted by Gasteiger charge is 2.28. The summed E-state index contributed by atoms with van der Waals surface area (Å²) in [5, 5.41) is 12.4. The fourth-order valence-corrected chi connectivity index (χ4v) is 3.99. The number of hydrogen-bond donors (Lipinski definition) is 2. The fourth-order valence-electron chi connectivity index (χ4n) is 3.99. The Bertz CT molecular complexity index is 1090. The van der Waals surface area contributed by atoms with Crippen LogP contribution < -0.4 is 10.7 Å². The predicted molar refractivity (Wildman–Crippen MR) is 102 cm³/mol. The van der Waals surface area contributed by atoms with Crippen molar-refractivity contribution in [3.63, 3.8) is 0 Å². The average Bonchev–Trinajstić information content (AvgIpc) is 3.17. The minimum Gasteiger partial charge on any atom is -0.342 e. The van der Waals surface area contributed by atoms with Gasteiger partial charge in [-0.2, -0.15) is 10.2 Å². The molecule has 3 aromatic rings. The molecule has 0 aromatic carbocycles. The average molecular weight is 368 g/mol. The van der Waals surface area contributed by atoms with Crippen LogP contribution in [0.5, 0.6) is 0 Å². The van der Waals surface area contributed by atoms with Crippen LogP contribution in [0.15, 0.2) is 17.1 Å². The van der Waals surface area contributed by atoms with Gasteiger partial charge in [-0.05, 0) is 45.6 Å². The van der Waals surface area contributed by atoms with Crippen LogP contribution in [0, 0.1) is 6.92 Å². The molecule has 8 heteroatoms. The number of amides is 1. The molecular weight excluding hydrogens is 344 g/mol. The van der Waals surface area contributed by atoms with Crippen LogP contribution in [0.3, 0.4) is 0 Å². The molecule has 1 aliphatic rings. The van der Waals surface area contributed by atoms with E-state index in [4.69, 9.17) is 0 Å². The van der Waals surface area contributed by atoms with Crippen molar-refractivity contribution >= 4 is 16.9 Å². The summed E-state index contributed by atoms with van der Waals surface area (Å²) in [6, 6.07) is 1.47. The van der Waals surface area contributed by atoms with Gasteiger partial charge in [-0.15, -0.1) is 0 Å². The van der Waals surface area contributed by atoms with Crippen LogP contribution in [0.2, 0.25) is 0 Å². The highest BCUT2D eigenvalue weighted by molar-refractivity contribution is 5.95. The number of nitrogens with zero attached hydrogens (tertiary/aromatic N) is 4. The van der Waals surface area contributed by atoms with Crippen LogP contribution in [0.25, 0.3) is 11.0 Å². The lowest BCUT2D eigenvalue weighted by atomic mass is 9.93. The molecule has 1 atom stereocenters. The summed E-state index contributed by atoms with van der Waals surface area (Å²) in [5.41, 5.74) is 3.52. The Morgan fingerprint density at radius 2 is 2.19 bits per heavy atom. The van der Waals surface area contributed by atoms with Gasteiger partial charge in [0.2, 0.25) is 0 Å². The molecule has 1 amide bonds. The van der Waals surface area contributed by atoms with Gasteiger partial charge in [-0.25, -0.2) is 0 Å². The SMILES string of the molecule is Cc1nn(C)c2[nH]c(C(=O)NC3CCCc4cnn(C(C)C)c43)cc(=O)c12. The Morgan fingerprint density at radius 3 is 2.93 bits per heavy atom. The van der Waals surface area contributed by atoms with Gasteiger partial charge >= 0.3 is 0 Å². The van der Waals surface area contributed by atoms with Crippen LogP contribution in [-0.4, -0.2) is 30.5 Å². The molecule has 2 N–H and O–H groups in total. The van der Waals surface area contributed by atoms with E-state index < -0.39 is 0 Å². The first-order valence-electron chi connectivity index (χ1n) is 9.30. The Hall–Kier alpha value is -2.90. The molecule has 0 fully saturated rings. The molecule has 8 nitrogen and oxygen atoms in total. The van der Waals surface area contributed by atoms with Crippen molar-refractivity contribution in [3.8, 4) is 0 Å². The lowest BCUT2D eigenvalue weighted by Gasteiger charge is -2.26. The monoisotopic (exact) mass is 368 g/mol. The van der Waals surface area contributed by atoms with Crippen molar-refractivity contribution in [1.82, 2.24) is 29.9 Å². The molecule has 142 valence electrons. The standard InChI is InChI=1S/C19H24N6O2/c1-10(2)25-17-12(9-20-25)6-5-7-13(17)22-19(27)14-8-15(26)16-11(3)23-24(4)18(16)21-14/h8-10,13H,5-7H2,1-4H3,(H,21,26)(H,22,27). The Balaban J connectivity index is 1.68. The molecule has 0 spiro atoms. The van der Waals surface area contributed by atoms with E-state index >= 15 is 0 Å². The third kappa shape index (κ3) is 2.85. The summed E-state index contributed by atoms with van der Waals surface area (Å²) in [4.78, 5) is 28.4. The second kappa shape index (κ2) is 6.37. The first-order chi connectivity index (χ1) is 12.9. The summed E-state index contributed by atoms with van der Waals surface area (Å²) < 4.78 is 3.57. The molecule has 0 aliphatic heterocycles. The number of nitrogens with one attached hydrogen (secondary N) is 2. The van der Waals surface area contributed by atoms with Crippen LogP contribution in [0.4, 0.5) is 0 Å². The van der Waals surface area contributed by atoms with Gasteiger partial charge in [0.15, 0.2) is 5.43 Å². The van der Waals surface area contributed by atoms with E-state index in [2.05, 4.69) is 34.3 Å². The zero-order chi connectivity index (χ0) is 19.3. The summed E-state index contributed by atoms with van der Waals surface area (Å²) in [7, 11) is 1.75. The van der Waals surface area contributed by atoms with E-state index in [0.29, 0.717) is 16.7 Å². The zero-order valence-corrected chi connectivity index (χ0v) is 16.0. The number of aromatic amines is 1. The van der Waals surface area contributed by atoms with Gasteiger partial charge < -0.3 is 10.3 Å². The quantitative estimate of drug-likeness (QED) is 0.740. The third-order valence-corrected chi connectivity index (χ3v) is 5.22. The lowest BCUT2D eigenvalue weighted by molar-refractivity contribution is 0.0925. The molecule has 1 aliphatic carbocycles. The molecule has 0 saturated carbocycles. The second-order valence-electron chi connectivity index (χ2n) is 7.49. The van der Waals surface area contributed by atoms with Gasteiger partial charge in [-0.1, -0.05) is 0 Å². The number of fused-ring (bicyclic) bond motifs is 2. The van der Waals surface area contributed by atoms with Crippen LogP contribution in [-0.2, 0) is 13.5 Å². The van der Waals surface area contributed by atoms with Crippen LogP contribution in [0.1, 0.15) is 66.2 Å². The van der Waals surface area contributed by atoms with E-state index in [1.54, 1.807) is 18.7 Å². The van der Waals surface area contributed by atoms with Gasteiger partial charge in [-0.3, -0.25) is 19.0 Å². The third-order valence-electron chi connectivity index (χ3n) is 5.22. The maximum Gasteiger partial charge on any atom is 0.268 e. The van der Waals surface area contributed by atoms with Crippen molar-refractivity contribution in [2.24, 2.45) is 7.05 Å². The first kappa shape index (κ1) is 17.5. The second-order valence-corrected chi connectivity index (χ2v) is 7.49. The maximum absolute atomic E-state index is 12.9. The van der Waals surface area contributed by atoms with Gasteiger partial charge in [0.05, 0.1) is 29.0 Å². The van der Waals surface area contributed by atoms with Crippen molar-refractivity contribution in [2.75, 3.05) is 0 Å². The topological polar surface area (TPSA) is 97.6 Å². The van der Waals surface area contributed by atoms with Crippen molar-refractivity contribution in [2.45, 2.75) is 52.1 Å². The summed E-state index contributed by atoms with van der Waals surface area (Å²) >= 11 is 0. The van der Waals surface area contributed by atoms with Gasteiger partial charge in [0, 0.05) is 19.2 Å². The van der Waals surface area contributed by atoms with E-state index in [0.717, 1.165) is 25.0 Å². The number of H-pyrrole nitrogens is 1. The molecule has 0 bridgehead atoms. The Kier molecular flexibility index (Phi) is 4.13. The smallest absolute Gasteiger partial charge is 0.268 e. The van der Waals surface area contributed by atoms with E-state index in [9.17, 15) is 9.59 Å². The predicted octanol–water partition coefficient (Wildman–Crippen LogP) is 2.15. The summed E-state index contributed by atoms with van der Waals surface area (Å²) in [6.07, 6.45) is 4.73. The highest BCUT2D eigenvalue weighted by Crippen LogP contribution is 2.31. The molecular formula is C19H24N6O2. The number of carbonyl (C=O) groups is 1. The van der Waals surface area contributed by atoms with E-state index in [-0.39, 0.29) is 29.1 Å². The van der Waals surface area contributed by atoms with Gasteiger partial charge in [0.25, 0.3) is 5.91 Å². The Labute approximate surface area is 156 Å². The molecule has 3 heterocycles. The molecule has 27 heavy (non-hydrogen) atoms. The fraction of sp³-hybridized carbons (Fsp3) is 0.474. The molecule has 4 rings (SSSR count). The number of pyridine rings is 1. The number of rotatable bonds is 3.